The van der Waals surface area contributed by atoms with E-state index in [1.165, 1.54) is 0 Å². The summed E-state index contributed by atoms with van der Waals surface area (Å²) in [6.45, 7) is 0.882. The number of β-amino-alcohol motifs (C(OH)–C–C–N with tert-alkyl or cyclic N) is 1. The van der Waals surface area contributed by atoms with Gasteiger partial charge in [-0.1, -0.05) is 24.3 Å². The molecule has 170 valence electrons. The third-order valence-electron chi connectivity index (χ3n) is 6.56. The van der Waals surface area contributed by atoms with Crippen LogP contribution in [-0.2, 0) is 16.1 Å². The van der Waals surface area contributed by atoms with Gasteiger partial charge in [0.1, 0.15) is 6.04 Å². The molecule has 3 N–H and O–H groups in total. The van der Waals surface area contributed by atoms with Crippen LogP contribution in [0.2, 0.25) is 0 Å². The molecule has 2 aromatic rings. The van der Waals surface area contributed by atoms with Crippen LogP contribution in [0.1, 0.15) is 50.7 Å². The molecule has 0 aromatic heterocycles. The Labute approximate surface area is 190 Å². The molecule has 0 spiro atoms. The summed E-state index contributed by atoms with van der Waals surface area (Å²) in [6.07, 6.45) is -0.399. The quantitative estimate of drug-likeness (QED) is 0.598. The van der Waals surface area contributed by atoms with E-state index in [1.54, 1.807) is 18.2 Å². The first-order valence-corrected chi connectivity index (χ1v) is 10.9. The Balaban J connectivity index is 1.38. The number of carbonyl (C=O) groups excluding carboxylic acids is 4. The van der Waals surface area contributed by atoms with Crippen LogP contribution in [0, 0.1) is 0 Å². The first-order chi connectivity index (χ1) is 15.8. The molecule has 3 atom stereocenters. The number of carbonyl (C=O) groups is 4. The highest BCUT2D eigenvalue weighted by molar-refractivity contribution is 6.23. The van der Waals surface area contributed by atoms with Crippen molar-refractivity contribution in [2.24, 2.45) is 0 Å². The fraction of sp³-hybridized carbons (Fsp3) is 0.333. The lowest BCUT2D eigenvalue weighted by Gasteiger charge is -2.37. The number of aliphatic hydroxyl groups is 1. The number of imide groups is 2. The van der Waals surface area contributed by atoms with E-state index < -0.39 is 35.8 Å². The van der Waals surface area contributed by atoms with Crippen molar-refractivity contribution >= 4 is 29.3 Å². The molecule has 0 aliphatic carbocycles. The van der Waals surface area contributed by atoms with Crippen molar-refractivity contribution in [3.05, 3.63) is 64.7 Å². The van der Waals surface area contributed by atoms with Gasteiger partial charge in [-0.2, -0.15) is 0 Å². The van der Waals surface area contributed by atoms with E-state index in [2.05, 4.69) is 10.6 Å². The lowest BCUT2D eigenvalue weighted by atomic mass is 9.94. The smallest absolute Gasteiger partial charge is 0.262 e. The summed E-state index contributed by atoms with van der Waals surface area (Å²) in [5.41, 5.74) is 3.29. The minimum absolute atomic E-state index is 0.0832. The Morgan fingerprint density at radius 3 is 2.61 bits per heavy atom. The molecule has 0 radical (unpaired) electrons. The van der Waals surface area contributed by atoms with Crippen LogP contribution in [0.3, 0.4) is 0 Å². The summed E-state index contributed by atoms with van der Waals surface area (Å²) < 4.78 is 0. The van der Waals surface area contributed by atoms with Gasteiger partial charge in [-0.05, 0) is 42.8 Å². The van der Waals surface area contributed by atoms with Gasteiger partial charge in [-0.3, -0.25) is 34.3 Å². The van der Waals surface area contributed by atoms with Crippen molar-refractivity contribution in [3.63, 3.8) is 0 Å². The second-order valence-electron chi connectivity index (χ2n) is 8.72. The van der Waals surface area contributed by atoms with Crippen LogP contribution in [0.15, 0.2) is 42.5 Å². The molecule has 0 bridgehead atoms. The number of piperidine rings is 1. The van der Waals surface area contributed by atoms with Crippen LogP contribution < -0.4 is 10.6 Å². The second kappa shape index (κ2) is 8.09. The fourth-order valence-electron chi connectivity index (χ4n) is 4.98. The zero-order valence-electron chi connectivity index (χ0n) is 18.1. The van der Waals surface area contributed by atoms with Gasteiger partial charge in [-0.15, -0.1) is 0 Å². The number of anilines is 1. The van der Waals surface area contributed by atoms with Crippen molar-refractivity contribution in [3.8, 4) is 0 Å². The highest BCUT2D eigenvalue weighted by atomic mass is 16.3. The number of nitrogens with one attached hydrogen (secondary N) is 2. The van der Waals surface area contributed by atoms with Crippen molar-refractivity contribution in [2.75, 3.05) is 18.9 Å². The Bertz CT molecular complexity index is 1180. The molecule has 5 rings (SSSR count). The predicted molar refractivity (Wildman–Crippen MR) is 118 cm³/mol. The number of nitrogens with zero attached hydrogens (tertiary/aromatic N) is 2. The third-order valence-corrected chi connectivity index (χ3v) is 6.56. The van der Waals surface area contributed by atoms with Crippen LogP contribution >= 0.6 is 0 Å². The lowest BCUT2D eigenvalue weighted by Crippen LogP contribution is -2.54. The zero-order valence-corrected chi connectivity index (χ0v) is 18.1. The number of amides is 4. The molecule has 33 heavy (non-hydrogen) atoms. The molecular formula is C24H24N4O5. The summed E-state index contributed by atoms with van der Waals surface area (Å²) in [4.78, 5) is 52.6. The molecule has 0 saturated carbocycles. The van der Waals surface area contributed by atoms with Gasteiger partial charge in [0, 0.05) is 25.2 Å². The first kappa shape index (κ1) is 21.3. The molecule has 9 heteroatoms. The van der Waals surface area contributed by atoms with E-state index in [1.807, 2.05) is 36.2 Å². The summed E-state index contributed by atoms with van der Waals surface area (Å²) in [6, 6.07) is 11.7. The number of fused-ring (bicyclic) bond motifs is 2. The average Bonchev–Trinajstić information content (AvgIpc) is 3.03. The van der Waals surface area contributed by atoms with Gasteiger partial charge in [0.05, 0.1) is 23.3 Å². The monoisotopic (exact) mass is 448 g/mol. The SMILES string of the molecule is CN(Cc1ccc2c(c1)C(=O)N(C1CCC(=O)NC1=O)C2=O)[C@H]1c2ccccc2NC[C@@H]1O. The van der Waals surface area contributed by atoms with Crippen LogP contribution in [0.5, 0.6) is 0 Å². The Hall–Kier alpha value is -3.56. The summed E-state index contributed by atoms with van der Waals surface area (Å²) >= 11 is 0. The number of likely N-dealkylation sites (N-methyl/N-ethyl adjacent to an activating group) is 1. The van der Waals surface area contributed by atoms with Gasteiger partial charge in [-0.25, -0.2) is 0 Å². The van der Waals surface area contributed by atoms with Crippen LogP contribution in [0.4, 0.5) is 5.69 Å². The number of benzene rings is 2. The maximum absolute atomic E-state index is 13.1. The van der Waals surface area contributed by atoms with E-state index in [9.17, 15) is 24.3 Å². The van der Waals surface area contributed by atoms with Gasteiger partial charge < -0.3 is 10.4 Å². The molecule has 1 unspecified atom stereocenters. The van der Waals surface area contributed by atoms with Crippen molar-refractivity contribution in [1.82, 2.24) is 15.1 Å². The highest BCUT2D eigenvalue weighted by Gasteiger charge is 2.44. The summed E-state index contributed by atoms with van der Waals surface area (Å²) in [5, 5.41) is 16.1. The molecule has 3 heterocycles. The number of rotatable bonds is 4. The minimum Gasteiger partial charge on any atom is -0.389 e. The second-order valence-corrected chi connectivity index (χ2v) is 8.72. The number of aliphatic hydroxyl groups excluding tert-OH is 1. The minimum atomic E-state index is -0.984. The van der Waals surface area contributed by atoms with Crippen LogP contribution in [0.25, 0.3) is 0 Å². The van der Waals surface area contributed by atoms with Crippen molar-refractivity contribution in [1.29, 1.82) is 0 Å². The van der Waals surface area contributed by atoms with Crippen LogP contribution in [-0.4, -0.2) is 64.3 Å². The zero-order chi connectivity index (χ0) is 23.3. The largest absolute Gasteiger partial charge is 0.389 e. The van der Waals surface area contributed by atoms with Gasteiger partial charge in [0.25, 0.3) is 11.8 Å². The molecule has 1 fully saturated rings. The maximum Gasteiger partial charge on any atom is 0.262 e. The Kier molecular flexibility index (Phi) is 5.22. The standard InChI is InChI=1S/C24H24N4O5/c1-27(21-15-4-2-3-5-17(15)25-11-19(21)29)12-13-6-7-14-16(10-13)24(33)28(23(14)32)18-8-9-20(30)26-22(18)31/h2-7,10,18-19,21,25,29H,8-9,11-12H2,1H3,(H,26,30,31)/t18?,19-,21-/m0/s1. The van der Waals surface area contributed by atoms with E-state index in [4.69, 9.17) is 0 Å². The van der Waals surface area contributed by atoms with E-state index in [0.29, 0.717) is 13.1 Å². The molecule has 1 saturated heterocycles. The maximum atomic E-state index is 13.1. The summed E-state index contributed by atoms with van der Waals surface area (Å²) in [7, 11) is 1.91. The fourth-order valence-corrected chi connectivity index (χ4v) is 4.98. The topological polar surface area (TPSA) is 119 Å². The van der Waals surface area contributed by atoms with E-state index in [-0.39, 0.29) is 30.0 Å². The number of hydrogen-bond acceptors (Lipinski definition) is 7. The highest BCUT2D eigenvalue weighted by Crippen LogP contribution is 2.35. The molecular weight excluding hydrogens is 424 g/mol. The number of para-hydroxylation sites is 1. The predicted octanol–water partition coefficient (Wildman–Crippen LogP) is 1.05. The van der Waals surface area contributed by atoms with E-state index >= 15 is 0 Å². The third kappa shape index (κ3) is 3.59. The van der Waals surface area contributed by atoms with E-state index in [0.717, 1.165) is 21.7 Å². The lowest BCUT2D eigenvalue weighted by molar-refractivity contribution is -0.136. The summed E-state index contributed by atoms with van der Waals surface area (Å²) in [5.74, 6) is -2.08. The number of hydrogen-bond donors (Lipinski definition) is 3. The molecule has 2 aromatic carbocycles. The Morgan fingerprint density at radius 1 is 1.06 bits per heavy atom. The Morgan fingerprint density at radius 2 is 1.82 bits per heavy atom. The normalized spacial score (nSPS) is 24.5. The molecule has 3 aliphatic heterocycles. The average molecular weight is 448 g/mol. The molecule has 9 nitrogen and oxygen atoms in total. The van der Waals surface area contributed by atoms with Crippen molar-refractivity contribution in [2.45, 2.75) is 37.6 Å². The van der Waals surface area contributed by atoms with Gasteiger partial charge >= 0.3 is 0 Å². The van der Waals surface area contributed by atoms with Gasteiger partial charge in [0.15, 0.2) is 0 Å². The first-order valence-electron chi connectivity index (χ1n) is 10.9. The molecule has 3 aliphatic rings. The molecule has 4 amide bonds. The van der Waals surface area contributed by atoms with Gasteiger partial charge in [0.2, 0.25) is 11.8 Å². The van der Waals surface area contributed by atoms with Crippen molar-refractivity contribution < 1.29 is 24.3 Å².